The Balaban J connectivity index is 2.59. The van der Waals surface area contributed by atoms with Crippen LogP contribution in [0.25, 0.3) is 0 Å². The van der Waals surface area contributed by atoms with Gasteiger partial charge in [-0.25, -0.2) is 0 Å². The van der Waals surface area contributed by atoms with E-state index in [1.165, 1.54) is 13.2 Å². The summed E-state index contributed by atoms with van der Waals surface area (Å²) < 4.78 is 30.6. The van der Waals surface area contributed by atoms with Crippen molar-refractivity contribution in [2.75, 3.05) is 18.3 Å². The zero-order valence-corrected chi connectivity index (χ0v) is 9.27. The number of carbonyl (C=O) groups is 1. The number of nitrogens with one attached hydrogen (secondary N) is 1. The summed E-state index contributed by atoms with van der Waals surface area (Å²) in [4.78, 5) is 10.3. The first-order valence-corrected chi connectivity index (χ1v) is 5.71. The molecule has 0 unspecified atom stereocenters. The first kappa shape index (κ1) is 12.5. The molecule has 1 heterocycles. The Labute approximate surface area is 92.0 Å². The minimum absolute atomic E-state index is 0.115. The van der Waals surface area contributed by atoms with E-state index in [0.29, 0.717) is 0 Å². The average molecular weight is 249 g/mol. The average Bonchev–Trinajstić information content (AvgIpc) is 2.65. The second-order valence-electron chi connectivity index (χ2n) is 2.99. The minimum Gasteiger partial charge on any atom is -0.481 e. The van der Waals surface area contributed by atoms with Crippen molar-refractivity contribution >= 4 is 21.9 Å². The number of hydrogen-bond acceptors (Lipinski definition) is 5. The van der Waals surface area contributed by atoms with Crippen molar-refractivity contribution in [2.45, 2.75) is 6.42 Å². The van der Waals surface area contributed by atoms with Crippen LogP contribution in [0.5, 0.6) is 0 Å². The third kappa shape index (κ3) is 3.51. The summed E-state index contributed by atoms with van der Waals surface area (Å²) in [5, 5.41) is 11.7. The van der Waals surface area contributed by atoms with Crippen molar-refractivity contribution in [2.24, 2.45) is 0 Å². The smallest absolute Gasteiger partial charge is 0.304 e. The third-order valence-electron chi connectivity index (χ3n) is 1.73. The molecule has 0 spiro atoms. The summed E-state index contributed by atoms with van der Waals surface area (Å²) in [5.74, 6) is -1.06. The first-order chi connectivity index (χ1) is 7.42. The van der Waals surface area contributed by atoms with E-state index in [2.05, 4.69) is 14.4 Å². The molecule has 0 amide bonds. The van der Waals surface area contributed by atoms with Gasteiger partial charge < -0.3 is 9.63 Å². The van der Waals surface area contributed by atoms with Gasteiger partial charge in [-0.2, -0.15) is 12.7 Å². The van der Waals surface area contributed by atoms with Crippen LogP contribution >= 0.6 is 0 Å². The minimum atomic E-state index is -3.76. The molecule has 0 atom stereocenters. The van der Waals surface area contributed by atoms with Gasteiger partial charge in [0.2, 0.25) is 0 Å². The fourth-order valence-electron chi connectivity index (χ4n) is 0.855. The lowest BCUT2D eigenvalue weighted by molar-refractivity contribution is -0.137. The maximum absolute atomic E-state index is 11.6. The van der Waals surface area contributed by atoms with Crippen LogP contribution in [0.15, 0.2) is 17.0 Å². The number of carboxylic acid groups (broad SMARTS) is 1. The van der Waals surface area contributed by atoms with Crippen molar-refractivity contribution in [1.82, 2.24) is 9.46 Å². The maximum atomic E-state index is 11.6. The van der Waals surface area contributed by atoms with Gasteiger partial charge in [-0.3, -0.25) is 9.52 Å². The van der Waals surface area contributed by atoms with E-state index >= 15 is 0 Å². The molecule has 1 aromatic heterocycles. The van der Waals surface area contributed by atoms with Gasteiger partial charge in [-0.1, -0.05) is 5.16 Å². The molecule has 0 aromatic carbocycles. The van der Waals surface area contributed by atoms with Gasteiger partial charge in [0.15, 0.2) is 0 Å². The monoisotopic (exact) mass is 249 g/mol. The molecule has 90 valence electrons. The van der Waals surface area contributed by atoms with Gasteiger partial charge in [0.1, 0.15) is 12.0 Å². The summed E-state index contributed by atoms with van der Waals surface area (Å²) in [6.45, 7) is -0.115. The largest absolute Gasteiger partial charge is 0.481 e. The molecule has 0 saturated heterocycles. The first-order valence-electron chi connectivity index (χ1n) is 4.27. The second-order valence-corrected chi connectivity index (χ2v) is 4.76. The highest BCUT2D eigenvalue weighted by Crippen LogP contribution is 2.09. The van der Waals surface area contributed by atoms with Crippen molar-refractivity contribution in [1.29, 1.82) is 0 Å². The van der Waals surface area contributed by atoms with Gasteiger partial charge >= 0.3 is 16.2 Å². The zero-order valence-electron chi connectivity index (χ0n) is 8.45. The molecule has 0 saturated carbocycles. The maximum Gasteiger partial charge on any atom is 0.304 e. The molecule has 0 fully saturated rings. The number of aromatic nitrogens is 1. The van der Waals surface area contributed by atoms with Crippen LogP contribution in [0.3, 0.4) is 0 Å². The number of hydrogen-bond donors (Lipinski definition) is 2. The fraction of sp³-hybridized carbons (Fsp3) is 0.429. The second kappa shape index (κ2) is 4.94. The Kier molecular flexibility index (Phi) is 3.85. The highest BCUT2D eigenvalue weighted by molar-refractivity contribution is 7.90. The van der Waals surface area contributed by atoms with E-state index in [0.717, 1.165) is 10.6 Å². The van der Waals surface area contributed by atoms with Crippen LogP contribution in [0, 0.1) is 0 Å². The number of carboxylic acids is 1. The van der Waals surface area contributed by atoms with Crippen molar-refractivity contribution in [3.63, 3.8) is 0 Å². The Bertz CT molecular complexity index is 441. The molecule has 0 bridgehead atoms. The highest BCUT2D eigenvalue weighted by atomic mass is 32.2. The van der Waals surface area contributed by atoms with Gasteiger partial charge in [0.25, 0.3) is 0 Å². The number of nitrogens with zero attached hydrogens (tertiary/aromatic N) is 2. The van der Waals surface area contributed by atoms with Gasteiger partial charge in [0, 0.05) is 13.6 Å². The lowest BCUT2D eigenvalue weighted by Crippen LogP contribution is -2.34. The van der Waals surface area contributed by atoms with Crippen LogP contribution in [0.4, 0.5) is 5.69 Å². The third-order valence-corrected chi connectivity index (χ3v) is 3.23. The summed E-state index contributed by atoms with van der Waals surface area (Å²) in [7, 11) is -2.48. The molecule has 2 N–H and O–H groups in total. The molecular formula is C7H11N3O5S. The number of aliphatic carboxylic acids is 1. The molecular weight excluding hydrogens is 238 g/mol. The summed E-state index contributed by atoms with van der Waals surface area (Å²) in [6.07, 6.45) is 2.06. The standard InChI is InChI=1S/C7H11N3O5S/c1-10(3-2-7(11)12)16(13,14)9-6-4-8-15-5-6/h4-5,9H,2-3H2,1H3,(H,11,12). The Morgan fingerprint density at radius 1 is 1.69 bits per heavy atom. The van der Waals surface area contributed by atoms with E-state index in [1.807, 2.05) is 0 Å². The summed E-state index contributed by atoms with van der Waals surface area (Å²) in [6, 6.07) is 0. The summed E-state index contributed by atoms with van der Waals surface area (Å²) >= 11 is 0. The van der Waals surface area contributed by atoms with E-state index < -0.39 is 16.2 Å². The van der Waals surface area contributed by atoms with Crippen LogP contribution in [0.1, 0.15) is 6.42 Å². The normalized spacial score (nSPS) is 11.6. The number of anilines is 1. The molecule has 0 aliphatic rings. The van der Waals surface area contributed by atoms with E-state index in [1.54, 1.807) is 0 Å². The SMILES string of the molecule is CN(CCC(=O)O)S(=O)(=O)Nc1cnoc1. The van der Waals surface area contributed by atoms with Crippen LogP contribution in [0.2, 0.25) is 0 Å². The van der Waals surface area contributed by atoms with Gasteiger partial charge in [0.05, 0.1) is 12.6 Å². The Morgan fingerprint density at radius 2 is 2.38 bits per heavy atom. The molecule has 8 nitrogen and oxygen atoms in total. The highest BCUT2D eigenvalue weighted by Gasteiger charge is 2.18. The Morgan fingerprint density at radius 3 is 2.88 bits per heavy atom. The van der Waals surface area contributed by atoms with E-state index in [9.17, 15) is 13.2 Å². The molecule has 1 aromatic rings. The van der Waals surface area contributed by atoms with Crippen molar-refractivity contribution in [3.05, 3.63) is 12.5 Å². The quantitative estimate of drug-likeness (QED) is 0.718. The van der Waals surface area contributed by atoms with Crippen molar-refractivity contribution in [3.8, 4) is 0 Å². The van der Waals surface area contributed by atoms with Crippen LogP contribution in [-0.2, 0) is 15.0 Å². The predicted molar refractivity (Wildman–Crippen MR) is 53.9 cm³/mol. The predicted octanol–water partition coefficient (Wildman–Crippen LogP) is -0.262. The summed E-state index contributed by atoms with van der Waals surface area (Å²) in [5.41, 5.74) is 0.183. The van der Waals surface area contributed by atoms with E-state index in [4.69, 9.17) is 5.11 Å². The fourth-order valence-corrected chi connectivity index (χ4v) is 1.74. The van der Waals surface area contributed by atoms with Gasteiger partial charge in [-0.15, -0.1) is 0 Å². The molecule has 1 rings (SSSR count). The van der Waals surface area contributed by atoms with Crippen molar-refractivity contribution < 1.29 is 22.8 Å². The molecule has 16 heavy (non-hydrogen) atoms. The molecule has 0 aliphatic heterocycles. The van der Waals surface area contributed by atoms with Crippen LogP contribution < -0.4 is 4.72 Å². The van der Waals surface area contributed by atoms with Gasteiger partial charge in [-0.05, 0) is 0 Å². The van der Waals surface area contributed by atoms with E-state index in [-0.39, 0.29) is 18.7 Å². The Hall–Kier alpha value is -1.61. The zero-order chi connectivity index (χ0) is 12.2. The lowest BCUT2D eigenvalue weighted by atomic mass is 10.4. The topological polar surface area (TPSA) is 113 Å². The molecule has 9 heteroatoms. The lowest BCUT2D eigenvalue weighted by Gasteiger charge is -2.15. The number of rotatable bonds is 6. The molecule has 0 aliphatic carbocycles. The van der Waals surface area contributed by atoms with Crippen LogP contribution in [-0.4, -0.2) is 42.5 Å². The molecule has 0 radical (unpaired) electrons.